The second-order valence-corrected chi connectivity index (χ2v) is 8.11. The largest absolute Gasteiger partial charge is 0.481 e. The van der Waals surface area contributed by atoms with Crippen molar-refractivity contribution in [2.24, 2.45) is 5.92 Å². The zero-order valence-electron chi connectivity index (χ0n) is 18.4. The molecule has 7 heteroatoms. The number of unbranched alkanes of at least 4 members (excludes halogenated alkanes) is 8. The topological polar surface area (TPSA) is 104 Å². The first-order valence-electron chi connectivity index (χ1n) is 11.4. The Morgan fingerprint density at radius 2 is 1.42 bits per heavy atom. The Morgan fingerprint density at radius 3 is 1.94 bits per heavy atom. The quantitative estimate of drug-likeness (QED) is 0.248. The number of fused-ring (bicyclic) bond motifs is 1. The number of hydrogen-bond acceptors (Lipinski definition) is 4. The van der Waals surface area contributed by atoms with Crippen LogP contribution in [0.25, 0.3) is 0 Å². The van der Waals surface area contributed by atoms with Crippen LogP contribution in [0, 0.1) is 5.92 Å². The predicted molar refractivity (Wildman–Crippen MR) is 118 cm³/mol. The van der Waals surface area contributed by atoms with Crippen molar-refractivity contribution in [3.8, 4) is 0 Å². The zero-order valence-corrected chi connectivity index (χ0v) is 18.4. The third kappa shape index (κ3) is 7.19. The number of carbonyl (C=O) groups is 4. The van der Waals surface area contributed by atoms with Gasteiger partial charge in [0.05, 0.1) is 11.1 Å². The molecule has 0 spiro atoms. The van der Waals surface area contributed by atoms with Crippen LogP contribution in [0.2, 0.25) is 0 Å². The molecule has 1 unspecified atom stereocenters. The van der Waals surface area contributed by atoms with Gasteiger partial charge in [-0.25, -0.2) is 0 Å². The number of nitrogens with zero attached hydrogens (tertiary/aromatic N) is 1. The summed E-state index contributed by atoms with van der Waals surface area (Å²) in [5, 5.41) is 12.1. The van der Waals surface area contributed by atoms with Gasteiger partial charge in [-0.15, -0.1) is 0 Å². The van der Waals surface area contributed by atoms with Crippen LogP contribution in [0.3, 0.4) is 0 Å². The van der Waals surface area contributed by atoms with Crippen LogP contribution in [0.1, 0.15) is 91.8 Å². The fraction of sp³-hybridized carbons (Fsp3) is 0.583. The van der Waals surface area contributed by atoms with Crippen LogP contribution in [-0.4, -0.2) is 46.8 Å². The first-order valence-corrected chi connectivity index (χ1v) is 11.4. The number of rotatable bonds is 15. The summed E-state index contributed by atoms with van der Waals surface area (Å²) in [5.74, 6) is -3.99. The van der Waals surface area contributed by atoms with Gasteiger partial charge in [0.25, 0.3) is 11.8 Å². The van der Waals surface area contributed by atoms with E-state index in [1.165, 1.54) is 38.5 Å². The van der Waals surface area contributed by atoms with Crippen LogP contribution in [0.15, 0.2) is 24.3 Å². The zero-order chi connectivity index (χ0) is 22.6. The number of benzene rings is 1. The molecular weight excluding hydrogens is 396 g/mol. The van der Waals surface area contributed by atoms with E-state index in [2.05, 4.69) is 12.2 Å². The Labute approximate surface area is 184 Å². The molecule has 0 bridgehead atoms. The normalized spacial score (nSPS) is 13.9. The number of carboxylic acid groups (broad SMARTS) is 1. The molecular formula is C24H34N2O5. The van der Waals surface area contributed by atoms with E-state index < -0.39 is 29.6 Å². The molecule has 3 amide bonds. The van der Waals surface area contributed by atoms with Crippen molar-refractivity contribution in [2.45, 2.75) is 71.1 Å². The summed E-state index contributed by atoms with van der Waals surface area (Å²) < 4.78 is 0. The number of imide groups is 1. The van der Waals surface area contributed by atoms with E-state index in [-0.39, 0.29) is 13.0 Å². The second kappa shape index (κ2) is 12.9. The lowest BCUT2D eigenvalue weighted by atomic mass is 10.0. The number of nitrogens with one attached hydrogen (secondary N) is 1. The fourth-order valence-electron chi connectivity index (χ4n) is 3.84. The van der Waals surface area contributed by atoms with Gasteiger partial charge in [0, 0.05) is 13.1 Å². The molecule has 31 heavy (non-hydrogen) atoms. The van der Waals surface area contributed by atoms with Crippen molar-refractivity contribution in [1.29, 1.82) is 0 Å². The second-order valence-electron chi connectivity index (χ2n) is 8.11. The number of amides is 3. The van der Waals surface area contributed by atoms with Crippen molar-refractivity contribution >= 4 is 23.7 Å². The minimum absolute atomic E-state index is 0.102. The number of carboxylic acids is 1. The Morgan fingerprint density at radius 1 is 0.903 bits per heavy atom. The highest BCUT2D eigenvalue weighted by Gasteiger charge is 2.36. The summed E-state index contributed by atoms with van der Waals surface area (Å²) in [5.41, 5.74) is 0.628. The Bertz CT molecular complexity index is 742. The smallest absolute Gasteiger partial charge is 0.316 e. The first-order chi connectivity index (χ1) is 15.0. The summed E-state index contributed by atoms with van der Waals surface area (Å²) in [7, 11) is 0. The molecule has 2 rings (SSSR count). The summed E-state index contributed by atoms with van der Waals surface area (Å²) in [6.07, 6.45) is 10.4. The SMILES string of the molecule is CCCCCCCCCCCNC(=O)C(CCN1C(=O)c2ccccc2C1=O)C(=O)O. The molecule has 1 aromatic rings. The van der Waals surface area contributed by atoms with Gasteiger partial charge in [0.1, 0.15) is 5.92 Å². The average Bonchev–Trinajstić information content (AvgIpc) is 3.00. The highest BCUT2D eigenvalue weighted by atomic mass is 16.4. The van der Waals surface area contributed by atoms with E-state index in [0.29, 0.717) is 17.7 Å². The van der Waals surface area contributed by atoms with E-state index >= 15 is 0 Å². The maximum atomic E-state index is 12.4. The van der Waals surface area contributed by atoms with Gasteiger partial charge in [-0.3, -0.25) is 24.1 Å². The Hall–Kier alpha value is -2.70. The molecule has 0 aromatic heterocycles. The van der Waals surface area contributed by atoms with E-state index in [1.807, 2.05) is 0 Å². The minimum Gasteiger partial charge on any atom is -0.481 e. The van der Waals surface area contributed by atoms with E-state index in [4.69, 9.17) is 0 Å². The molecule has 1 aliphatic heterocycles. The molecule has 7 nitrogen and oxygen atoms in total. The highest BCUT2D eigenvalue weighted by Crippen LogP contribution is 2.23. The van der Waals surface area contributed by atoms with E-state index in [9.17, 15) is 24.3 Å². The first kappa shape index (κ1) is 24.6. The van der Waals surface area contributed by atoms with Gasteiger partial charge in [-0.05, 0) is 25.0 Å². The van der Waals surface area contributed by atoms with Crippen LogP contribution in [0.4, 0.5) is 0 Å². The summed E-state index contributed by atoms with van der Waals surface area (Å²) in [6.45, 7) is 2.54. The predicted octanol–water partition coefficient (Wildman–Crippen LogP) is 4.02. The third-order valence-electron chi connectivity index (χ3n) is 5.71. The van der Waals surface area contributed by atoms with Crippen LogP contribution >= 0.6 is 0 Å². The van der Waals surface area contributed by atoms with Crippen LogP contribution < -0.4 is 5.32 Å². The van der Waals surface area contributed by atoms with Gasteiger partial charge in [0.2, 0.25) is 5.91 Å². The summed E-state index contributed by atoms with van der Waals surface area (Å²) >= 11 is 0. The monoisotopic (exact) mass is 430 g/mol. The summed E-state index contributed by atoms with van der Waals surface area (Å²) in [6, 6.07) is 6.49. The number of carbonyl (C=O) groups excluding carboxylic acids is 3. The standard InChI is InChI=1S/C24H34N2O5/c1-2-3-4-5-6-7-8-9-12-16-25-21(27)20(24(30)31)15-17-26-22(28)18-13-10-11-14-19(18)23(26)29/h10-11,13-14,20H,2-9,12,15-17H2,1H3,(H,25,27)(H,30,31). The van der Waals surface area contributed by atoms with Gasteiger partial charge in [-0.2, -0.15) is 0 Å². The molecule has 1 aliphatic rings. The highest BCUT2D eigenvalue weighted by molar-refractivity contribution is 6.21. The number of aliphatic carboxylic acids is 1. The molecule has 0 radical (unpaired) electrons. The van der Waals surface area contributed by atoms with Crippen molar-refractivity contribution in [3.05, 3.63) is 35.4 Å². The molecule has 0 saturated carbocycles. The van der Waals surface area contributed by atoms with Crippen molar-refractivity contribution < 1.29 is 24.3 Å². The van der Waals surface area contributed by atoms with Gasteiger partial charge in [0.15, 0.2) is 0 Å². The molecule has 1 atom stereocenters. The van der Waals surface area contributed by atoms with Crippen molar-refractivity contribution in [3.63, 3.8) is 0 Å². The maximum Gasteiger partial charge on any atom is 0.316 e. The van der Waals surface area contributed by atoms with Crippen LogP contribution in [-0.2, 0) is 9.59 Å². The molecule has 2 N–H and O–H groups in total. The van der Waals surface area contributed by atoms with Gasteiger partial charge in [-0.1, -0.05) is 70.4 Å². The number of hydrogen-bond donors (Lipinski definition) is 2. The molecule has 1 aromatic carbocycles. The lowest BCUT2D eigenvalue weighted by Crippen LogP contribution is -2.39. The third-order valence-corrected chi connectivity index (χ3v) is 5.71. The van der Waals surface area contributed by atoms with E-state index in [1.54, 1.807) is 24.3 Å². The van der Waals surface area contributed by atoms with Crippen molar-refractivity contribution in [1.82, 2.24) is 10.2 Å². The van der Waals surface area contributed by atoms with Crippen LogP contribution in [0.5, 0.6) is 0 Å². The molecule has 0 fully saturated rings. The van der Waals surface area contributed by atoms with Crippen molar-refractivity contribution in [2.75, 3.05) is 13.1 Å². The lowest BCUT2D eigenvalue weighted by Gasteiger charge is -2.17. The molecule has 1 heterocycles. The Balaban J connectivity index is 1.69. The summed E-state index contributed by atoms with van der Waals surface area (Å²) in [4.78, 5) is 49.7. The minimum atomic E-state index is -1.29. The maximum absolute atomic E-state index is 12.4. The average molecular weight is 431 g/mol. The fourth-order valence-corrected chi connectivity index (χ4v) is 3.84. The molecule has 170 valence electrons. The van der Waals surface area contributed by atoms with Gasteiger partial charge < -0.3 is 10.4 Å². The molecule has 0 aliphatic carbocycles. The molecule has 0 saturated heterocycles. The van der Waals surface area contributed by atoms with Gasteiger partial charge >= 0.3 is 5.97 Å². The Kier molecular flexibility index (Phi) is 10.2. The van der Waals surface area contributed by atoms with E-state index in [0.717, 1.165) is 24.2 Å². The lowest BCUT2D eigenvalue weighted by molar-refractivity contribution is -0.147.